The molecule has 9 heteroatoms. The molecule has 0 aromatic heterocycles. The Morgan fingerprint density at radius 2 is 1.81 bits per heavy atom. The van der Waals surface area contributed by atoms with Gasteiger partial charge in [-0.05, 0) is 37.3 Å². The van der Waals surface area contributed by atoms with Gasteiger partial charge < -0.3 is 20.1 Å². The van der Waals surface area contributed by atoms with Gasteiger partial charge in [0.15, 0.2) is 6.10 Å². The zero-order valence-electron chi connectivity index (χ0n) is 15.0. The average Bonchev–Trinajstić information content (AvgIpc) is 2.67. The number of ether oxygens (including phenoxy) is 2. The quantitative estimate of drug-likeness (QED) is 0.435. The number of rotatable bonds is 7. The van der Waals surface area contributed by atoms with E-state index in [1.54, 1.807) is 31.3 Å². The van der Waals surface area contributed by atoms with Gasteiger partial charge in [0.25, 0.3) is 11.6 Å². The Balaban J connectivity index is 2.08. The third-order valence-corrected chi connectivity index (χ3v) is 3.71. The first-order valence-electron chi connectivity index (χ1n) is 7.97. The van der Waals surface area contributed by atoms with Crippen LogP contribution >= 0.6 is 0 Å². The van der Waals surface area contributed by atoms with Gasteiger partial charge in [0, 0.05) is 30.6 Å². The molecule has 0 spiro atoms. The standard InChI is InChI=1S/C18H19N3O6/c1-11(17(22)20-12-4-7-14(26-3)8-5-12)27-18(23)15-10-13(21(24)25)6-9-16(15)19-2/h4-11,19H,1-3H3,(H,20,22)/t11-/m1/s1. The summed E-state index contributed by atoms with van der Waals surface area (Å²) in [6.45, 7) is 1.41. The number of amides is 1. The zero-order valence-corrected chi connectivity index (χ0v) is 15.0. The van der Waals surface area contributed by atoms with Gasteiger partial charge in [0.05, 0.1) is 17.6 Å². The summed E-state index contributed by atoms with van der Waals surface area (Å²) < 4.78 is 10.2. The van der Waals surface area contributed by atoms with Gasteiger partial charge in [-0.2, -0.15) is 0 Å². The molecule has 2 aromatic rings. The van der Waals surface area contributed by atoms with Gasteiger partial charge in [-0.25, -0.2) is 4.79 Å². The van der Waals surface area contributed by atoms with Gasteiger partial charge >= 0.3 is 5.97 Å². The van der Waals surface area contributed by atoms with E-state index in [0.29, 0.717) is 17.1 Å². The zero-order chi connectivity index (χ0) is 20.0. The maximum atomic E-state index is 12.4. The van der Waals surface area contributed by atoms with Crippen LogP contribution in [0, 0.1) is 10.1 Å². The molecule has 0 fully saturated rings. The lowest BCUT2D eigenvalue weighted by atomic mass is 10.1. The number of esters is 1. The molecule has 2 aromatic carbocycles. The Bertz CT molecular complexity index is 851. The van der Waals surface area contributed by atoms with Crippen molar-refractivity contribution in [3.05, 3.63) is 58.1 Å². The van der Waals surface area contributed by atoms with Crippen LogP contribution in [0.1, 0.15) is 17.3 Å². The Kier molecular flexibility index (Phi) is 6.32. The van der Waals surface area contributed by atoms with Crippen molar-refractivity contribution in [3.8, 4) is 5.75 Å². The maximum absolute atomic E-state index is 12.4. The van der Waals surface area contributed by atoms with E-state index in [2.05, 4.69) is 10.6 Å². The first-order chi connectivity index (χ1) is 12.8. The summed E-state index contributed by atoms with van der Waals surface area (Å²) >= 11 is 0. The van der Waals surface area contributed by atoms with Crippen LogP contribution in [0.5, 0.6) is 5.75 Å². The van der Waals surface area contributed by atoms with Gasteiger partial charge in [-0.15, -0.1) is 0 Å². The molecule has 2 N–H and O–H groups in total. The number of nitrogens with one attached hydrogen (secondary N) is 2. The van der Waals surface area contributed by atoms with Gasteiger partial charge in [-0.1, -0.05) is 0 Å². The van der Waals surface area contributed by atoms with Crippen molar-refractivity contribution in [2.75, 3.05) is 24.8 Å². The highest BCUT2D eigenvalue weighted by molar-refractivity contribution is 6.00. The molecule has 9 nitrogen and oxygen atoms in total. The molecule has 0 saturated carbocycles. The lowest BCUT2D eigenvalue weighted by Gasteiger charge is -2.15. The summed E-state index contributed by atoms with van der Waals surface area (Å²) in [6.07, 6.45) is -1.11. The number of nitrogens with zero attached hydrogens (tertiary/aromatic N) is 1. The third kappa shape index (κ3) is 4.94. The number of benzene rings is 2. The van der Waals surface area contributed by atoms with E-state index < -0.39 is 22.9 Å². The number of nitro benzene ring substituents is 1. The lowest BCUT2D eigenvalue weighted by molar-refractivity contribution is -0.384. The van der Waals surface area contributed by atoms with E-state index >= 15 is 0 Å². The van der Waals surface area contributed by atoms with Gasteiger partial charge in [0.1, 0.15) is 5.75 Å². The van der Waals surface area contributed by atoms with Crippen LogP contribution in [0.3, 0.4) is 0 Å². The summed E-state index contributed by atoms with van der Waals surface area (Å²) in [5.41, 5.74) is 0.579. The summed E-state index contributed by atoms with van der Waals surface area (Å²) in [4.78, 5) is 34.9. The van der Waals surface area contributed by atoms with Crippen LogP contribution in [0.15, 0.2) is 42.5 Å². The molecule has 1 atom stereocenters. The fourth-order valence-electron chi connectivity index (χ4n) is 2.23. The normalized spacial score (nSPS) is 11.2. The minimum atomic E-state index is -1.11. The lowest BCUT2D eigenvalue weighted by Crippen LogP contribution is -2.30. The minimum absolute atomic E-state index is 0.0317. The van der Waals surface area contributed by atoms with Crippen molar-refractivity contribution in [2.45, 2.75) is 13.0 Å². The van der Waals surface area contributed by atoms with Crippen molar-refractivity contribution >= 4 is 28.9 Å². The van der Waals surface area contributed by atoms with E-state index in [-0.39, 0.29) is 11.3 Å². The number of methoxy groups -OCH3 is 1. The topological polar surface area (TPSA) is 120 Å². The van der Waals surface area contributed by atoms with Crippen molar-refractivity contribution in [3.63, 3.8) is 0 Å². The third-order valence-electron chi connectivity index (χ3n) is 3.71. The van der Waals surface area contributed by atoms with Crippen molar-refractivity contribution in [1.29, 1.82) is 0 Å². The van der Waals surface area contributed by atoms with Crippen molar-refractivity contribution in [2.24, 2.45) is 0 Å². The highest BCUT2D eigenvalue weighted by atomic mass is 16.6. The molecule has 0 aliphatic rings. The molecule has 27 heavy (non-hydrogen) atoms. The van der Waals surface area contributed by atoms with Crippen LogP contribution < -0.4 is 15.4 Å². The SMILES string of the molecule is CNc1ccc([N+](=O)[O-])cc1C(=O)O[C@H](C)C(=O)Nc1ccc(OC)cc1. The fourth-order valence-corrected chi connectivity index (χ4v) is 2.23. The molecule has 1 amide bonds. The number of nitro groups is 1. The molecule has 0 unspecified atom stereocenters. The number of anilines is 2. The number of carbonyl (C=O) groups excluding carboxylic acids is 2. The van der Waals surface area contributed by atoms with Crippen LogP contribution in [-0.2, 0) is 9.53 Å². The fraction of sp³-hybridized carbons (Fsp3) is 0.222. The van der Waals surface area contributed by atoms with E-state index in [1.807, 2.05) is 0 Å². The predicted molar refractivity (Wildman–Crippen MR) is 99.1 cm³/mol. The molecule has 0 aliphatic heterocycles. The van der Waals surface area contributed by atoms with Crippen LogP contribution in [0.4, 0.5) is 17.1 Å². The second-order valence-corrected chi connectivity index (χ2v) is 5.50. The molecular formula is C18H19N3O6. The average molecular weight is 373 g/mol. The smallest absolute Gasteiger partial charge is 0.341 e. The first-order valence-corrected chi connectivity index (χ1v) is 7.97. The van der Waals surface area contributed by atoms with Crippen molar-refractivity contribution < 1.29 is 24.0 Å². The molecule has 2 rings (SSSR count). The molecule has 0 heterocycles. The number of non-ortho nitro benzene ring substituents is 1. The number of hydrogen-bond acceptors (Lipinski definition) is 7. The Morgan fingerprint density at radius 1 is 1.15 bits per heavy atom. The maximum Gasteiger partial charge on any atom is 0.341 e. The monoisotopic (exact) mass is 373 g/mol. The van der Waals surface area contributed by atoms with Gasteiger partial charge in [-0.3, -0.25) is 14.9 Å². The summed E-state index contributed by atoms with van der Waals surface area (Å²) in [6, 6.07) is 10.4. The molecule has 0 bridgehead atoms. The summed E-state index contributed by atoms with van der Waals surface area (Å²) in [7, 11) is 3.10. The molecule has 0 saturated heterocycles. The predicted octanol–water partition coefficient (Wildman–Crippen LogP) is 2.83. The number of carbonyl (C=O) groups is 2. The second-order valence-electron chi connectivity index (χ2n) is 5.50. The first kappa shape index (κ1) is 19.7. The molecule has 142 valence electrons. The van der Waals surface area contributed by atoms with E-state index in [9.17, 15) is 19.7 Å². The minimum Gasteiger partial charge on any atom is -0.497 e. The Labute approximate surface area is 155 Å². The highest BCUT2D eigenvalue weighted by Crippen LogP contribution is 2.23. The van der Waals surface area contributed by atoms with Crippen LogP contribution in [-0.4, -0.2) is 37.1 Å². The summed E-state index contributed by atoms with van der Waals surface area (Å²) in [5, 5.41) is 16.3. The summed E-state index contributed by atoms with van der Waals surface area (Å²) in [5.74, 6) is -0.747. The Hall–Kier alpha value is -3.62. The van der Waals surface area contributed by atoms with Crippen molar-refractivity contribution in [1.82, 2.24) is 0 Å². The second kappa shape index (κ2) is 8.65. The Morgan fingerprint density at radius 3 is 2.37 bits per heavy atom. The van der Waals surface area contributed by atoms with Gasteiger partial charge in [0.2, 0.25) is 0 Å². The van der Waals surface area contributed by atoms with E-state index in [1.165, 1.54) is 26.2 Å². The number of hydrogen-bond donors (Lipinski definition) is 2. The molecule has 0 radical (unpaired) electrons. The van der Waals surface area contributed by atoms with Crippen LogP contribution in [0.2, 0.25) is 0 Å². The van der Waals surface area contributed by atoms with Crippen LogP contribution in [0.25, 0.3) is 0 Å². The van der Waals surface area contributed by atoms with E-state index in [0.717, 1.165) is 6.07 Å². The largest absolute Gasteiger partial charge is 0.497 e. The molecular weight excluding hydrogens is 354 g/mol. The highest BCUT2D eigenvalue weighted by Gasteiger charge is 2.23. The molecule has 0 aliphatic carbocycles. The van der Waals surface area contributed by atoms with E-state index in [4.69, 9.17) is 9.47 Å².